The van der Waals surface area contributed by atoms with Gasteiger partial charge in [-0.05, 0) is 18.9 Å². The van der Waals surface area contributed by atoms with Gasteiger partial charge in [-0.3, -0.25) is 9.89 Å². The number of benzene rings is 1. The number of halogens is 3. The van der Waals surface area contributed by atoms with E-state index in [4.69, 9.17) is 0 Å². The predicted octanol–water partition coefficient (Wildman–Crippen LogP) is 2.17. The van der Waals surface area contributed by atoms with E-state index >= 15 is 0 Å². The second-order valence-electron chi connectivity index (χ2n) is 7.11. The molecule has 1 atom stereocenters. The molecule has 1 aromatic rings. The first-order chi connectivity index (χ1) is 13.7. The van der Waals surface area contributed by atoms with E-state index in [0.717, 1.165) is 50.9 Å². The Bertz CT molecular complexity index is 802. The van der Waals surface area contributed by atoms with E-state index in [1.807, 2.05) is 6.92 Å². The van der Waals surface area contributed by atoms with Crippen molar-refractivity contribution >= 4 is 40.0 Å². The molecule has 0 radical (unpaired) electrons. The van der Waals surface area contributed by atoms with Crippen LogP contribution in [-0.4, -0.2) is 76.7 Å². The van der Waals surface area contributed by atoms with E-state index in [2.05, 4.69) is 24.8 Å². The van der Waals surface area contributed by atoms with Crippen molar-refractivity contribution in [3.8, 4) is 0 Å². The van der Waals surface area contributed by atoms with E-state index in [-0.39, 0.29) is 30.0 Å². The summed E-state index contributed by atoms with van der Waals surface area (Å²) in [5, 5.41) is 3.25. The number of nitrogens with one attached hydrogen (secondary N) is 2. The minimum absolute atomic E-state index is 0. The maximum atomic E-state index is 14.2. The van der Waals surface area contributed by atoms with Crippen LogP contribution >= 0.6 is 24.0 Å². The van der Waals surface area contributed by atoms with Gasteiger partial charge in [0.25, 0.3) is 0 Å². The summed E-state index contributed by atoms with van der Waals surface area (Å²) in [4.78, 5) is 8.65. The molecule has 1 fully saturated rings. The lowest BCUT2D eigenvalue weighted by molar-refractivity contribution is 0.124. The van der Waals surface area contributed by atoms with Crippen LogP contribution in [0.2, 0.25) is 0 Å². The summed E-state index contributed by atoms with van der Waals surface area (Å²) in [6.45, 7) is 5.94. The third-order valence-electron chi connectivity index (χ3n) is 4.98. The fourth-order valence-electron chi connectivity index (χ4n) is 3.57. The molecule has 0 aromatic heterocycles. The van der Waals surface area contributed by atoms with E-state index in [9.17, 15) is 17.2 Å². The van der Waals surface area contributed by atoms with Crippen LogP contribution in [0.3, 0.4) is 0 Å². The zero-order valence-electron chi connectivity index (χ0n) is 17.7. The van der Waals surface area contributed by atoms with E-state index in [1.54, 1.807) is 7.05 Å². The number of rotatable bonds is 8. The van der Waals surface area contributed by atoms with Gasteiger partial charge in [-0.2, -0.15) is 0 Å². The number of nitrogens with zero attached hydrogens (tertiary/aromatic N) is 3. The highest BCUT2D eigenvalue weighted by Crippen LogP contribution is 2.28. The van der Waals surface area contributed by atoms with Crippen molar-refractivity contribution in [1.82, 2.24) is 19.8 Å². The SMILES string of the molecule is CCC(c1ccc(F)cc1F)N1CCN(C(=NC)NCCCNS(C)(=O)=O)CC1.I. The molecule has 1 aliphatic rings. The third-order valence-corrected chi connectivity index (χ3v) is 5.70. The minimum atomic E-state index is -3.17. The first kappa shape index (κ1) is 27.0. The smallest absolute Gasteiger partial charge is 0.208 e. The van der Waals surface area contributed by atoms with Gasteiger partial charge in [0.1, 0.15) is 11.6 Å². The average Bonchev–Trinajstić information content (AvgIpc) is 2.67. The lowest BCUT2D eigenvalue weighted by Gasteiger charge is -2.40. The topological polar surface area (TPSA) is 77.0 Å². The Balaban J connectivity index is 0.00000450. The number of aliphatic imine (C=N–C) groups is 1. The Morgan fingerprint density at radius 3 is 2.40 bits per heavy atom. The van der Waals surface area contributed by atoms with Crippen LogP contribution in [0.15, 0.2) is 23.2 Å². The average molecular weight is 559 g/mol. The molecule has 1 heterocycles. The first-order valence-electron chi connectivity index (χ1n) is 9.84. The van der Waals surface area contributed by atoms with Crippen LogP contribution in [0, 0.1) is 11.6 Å². The molecule has 0 spiro atoms. The maximum Gasteiger partial charge on any atom is 0.208 e. The Labute approximate surface area is 195 Å². The monoisotopic (exact) mass is 559 g/mol. The van der Waals surface area contributed by atoms with Gasteiger partial charge < -0.3 is 10.2 Å². The lowest BCUT2D eigenvalue weighted by Crippen LogP contribution is -2.53. The van der Waals surface area contributed by atoms with Crippen molar-refractivity contribution in [2.24, 2.45) is 4.99 Å². The highest BCUT2D eigenvalue weighted by Gasteiger charge is 2.27. The Morgan fingerprint density at radius 1 is 1.20 bits per heavy atom. The Kier molecular flexibility index (Phi) is 11.4. The highest BCUT2D eigenvalue weighted by atomic mass is 127. The Morgan fingerprint density at radius 2 is 1.87 bits per heavy atom. The maximum absolute atomic E-state index is 14.2. The normalized spacial score (nSPS) is 16.8. The molecule has 30 heavy (non-hydrogen) atoms. The van der Waals surface area contributed by atoms with Crippen molar-refractivity contribution in [3.63, 3.8) is 0 Å². The predicted molar refractivity (Wildman–Crippen MR) is 127 cm³/mol. The molecule has 1 aromatic carbocycles. The van der Waals surface area contributed by atoms with E-state index < -0.39 is 21.7 Å². The minimum Gasteiger partial charge on any atom is -0.356 e. The van der Waals surface area contributed by atoms with Crippen LogP contribution in [0.4, 0.5) is 8.78 Å². The van der Waals surface area contributed by atoms with Crippen LogP contribution in [0.1, 0.15) is 31.4 Å². The van der Waals surface area contributed by atoms with Crippen molar-refractivity contribution in [1.29, 1.82) is 0 Å². The second kappa shape index (κ2) is 12.7. The summed E-state index contributed by atoms with van der Waals surface area (Å²) in [6.07, 6.45) is 2.52. The zero-order chi connectivity index (χ0) is 21.4. The Hall–Kier alpha value is -1.05. The molecule has 0 bridgehead atoms. The first-order valence-corrected chi connectivity index (χ1v) is 11.7. The number of piperazine rings is 1. The van der Waals surface area contributed by atoms with Crippen LogP contribution < -0.4 is 10.0 Å². The van der Waals surface area contributed by atoms with Crippen molar-refractivity contribution in [3.05, 3.63) is 35.4 Å². The fraction of sp³-hybridized carbons (Fsp3) is 0.632. The summed E-state index contributed by atoms with van der Waals surface area (Å²) in [5.74, 6) is -0.294. The summed E-state index contributed by atoms with van der Waals surface area (Å²) < 4.78 is 52.1. The number of sulfonamides is 1. The molecule has 2 rings (SSSR count). The van der Waals surface area contributed by atoms with Gasteiger partial charge in [-0.15, -0.1) is 24.0 Å². The van der Waals surface area contributed by atoms with Crippen molar-refractivity contribution < 1.29 is 17.2 Å². The molecule has 2 N–H and O–H groups in total. The van der Waals surface area contributed by atoms with Crippen molar-refractivity contribution in [2.45, 2.75) is 25.8 Å². The van der Waals surface area contributed by atoms with Gasteiger partial charge in [0.2, 0.25) is 10.0 Å². The van der Waals surface area contributed by atoms with Gasteiger partial charge >= 0.3 is 0 Å². The molecular formula is C19H32F2IN5O2S. The largest absolute Gasteiger partial charge is 0.356 e. The zero-order valence-corrected chi connectivity index (χ0v) is 20.8. The number of hydrogen-bond acceptors (Lipinski definition) is 4. The summed E-state index contributed by atoms with van der Waals surface area (Å²) in [6, 6.07) is 3.70. The van der Waals surface area contributed by atoms with Gasteiger partial charge in [0.05, 0.1) is 6.26 Å². The fourth-order valence-corrected chi connectivity index (χ4v) is 4.09. The summed E-state index contributed by atoms with van der Waals surface area (Å²) in [7, 11) is -1.45. The summed E-state index contributed by atoms with van der Waals surface area (Å²) in [5.41, 5.74) is 0.531. The number of guanidine groups is 1. The highest BCUT2D eigenvalue weighted by molar-refractivity contribution is 14.0. The third kappa shape index (κ3) is 8.23. The molecule has 11 heteroatoms. The van der Waals surface area contributed by atoms with E-state index in [1.165, 1.54) is 12.1 Å². The molecule has 0 aliphatic carbocycles. The number of hydrogen-bond donors (Lipinski definition) is 2. The van der Waals surface area contributed by atoms with Gasteiger partial charge in [-0.1, -0.05) is 13.0 Å². The molecule has 7 nitrogen and oxygen atoms in total. The molecule has 1 unspecified atom stereocenters. The van der Waals surface area contributed by atoms with Gasteiger partial charge in [0, 0.05) is 64.0 Å². The quantitative estimate of drug-likeness (QED) is 0.221. The summed E-state index contributed by atoms with van der Waals surface area (Å²) >= 11 is 0. The van der Waals surface area contributed by atoms with Crippen LogP contribution in [0.25, 0.3) is 0 Å². The lowest BCUT2D eigenvalue weighted by atomic mass is 10.0. The molecule has 0 saturated carbocycles. The standard InChI is InChI=1S/C19H31F2N5O2S.HI/c1-4-18(16-7-6-15(20)14-17(16)21)25-10-12-26(13-11-25)19(22-2)23-8-5-9-24-29(3,27)28;/h6-7,14,18,24H,4-5,8-13H2,1-3H3,(H,22,23);1H. The second-order valence-corrected chi connectivity index (χ2v) is 8.94. The molecule has 1 aliphatic heterocycles. The van der Waals surface area contributed by atoms with Crippen LogP contribution in [-0.2, 0) is 10.0 Å². The molecule has 1 saturated heterocycles. The van der Waals surface area contributed by atoms with Gasteiger partial charge in [-0.25, -0.2) is 21.9 Å². The molecule has 0 amide bonds. The molecular weight excluding hydrogens is 527 g/mol. The van der Waals surface area contributed by atoms with Gasteiger partial charge in [0.15, 0.2) is 5.96 Å². The van der Waals surface area contributed by atoms with Crippen LogP contribution in [0.5, 0.6) is 0 Å². The molecule has 172 valence electrons. The van der Waals surface area contributed by atoms with E-state index in [0.29, 0.717) is 25.1 Å². The van der Waals surface area contributed by atoms with Crippen molar-refractivity contribution in [2.75, 3.05) is 52.6 Å².